The summed E-state index contributed by atoms with van der Waals surface area (Å²) in [6.45, 7) is 5.68. The van der Waals surface area contributed by atoms with Crippen LogP contribution in [0.25, 0.3) is 0 Å². The smallest absolute Gasteiger partial charge is 0.347 e. The molecule has 2 aromatic carbocycles. The number of benzene rings is 2. The third kappa shape index (κ3) is 5.59. The third-order valence-electron chi connectivity index (χ3n) is 5.45. The first-order valence-electron chi connectivity index (χ1n) is 10.3. The molecule has 1 fully saturated rings. The summed E-state index contributed by atoms with van der Waals surface area (Å²) in [5.41, 5.74) is 3.50. The first kappa shape index (κ1) is 20.9. The minimum Gasteiger partial charge on any atom is -0.479 e. The number of carbonyl (C=O) groups excluding carboxylic acids is 2. The summed E-state index contributed by atoms with van der Waals surface area (Å²) < 4.78 is 11.2. The zero-order chi connectivity index (χ0) is 20.8. The molecule has 154 valence electrons. The van der Waals surface area contributed by atoms with E-state index in [1.54, 1.807) is 31.2 Å². The molecule has 3 rings (SSSR count). The lowest BCUT2D eigenvalue weighted by molar-refractivity contribution is -0.158. The molecular weight excluding hydrogens is 366 g/mol. The second-order valence-electron chi connectivity index (χ2n) is 7.68. The highest BCUT2D eigenvalue weighted by Crippen LogP contribution is 2.22. The molecule has 1 saturated carbocycles. The summed E-state index contributed by atoms with van der Waals surface area (Å²) in [6, 6.07) is 12.6. The zero-order valence-electron chi connectivity index (χ0n) is 17.4. The fourth-order valence-corrected chi connectivity index (χ4v) is 3.46. The summed E-state index contributed by atoms with van der Waals surface area (Å²) in [6.07, 6.45) is 4.62. The van der Waals surface area contributed by atoms with Crippen LogP contribution in [0, 0.1) is 13.8 Å². The second-order valence-corrected chi connectivity index (χ2v) is 7.68. The lowest BCUT2D eigenvalue weighted by atomic mass is 9.98. The monoisotopic (exact) mass is 395 g/mol. The Morgan fingerprint density at radius 1 is 1.00 bits per heavy atom. The fraction of sp³-hybridized carbons (Fsp3) is 0.417. The van der Waals surface area contributed by atoms with Crippen molar-refractivity contribution >= 4 is 17.6 Å². The van der Waals surface area contributed by atoms with Crippen molar-refractivity contribution in [1.82, 2.24) is 0 Å². The molecule has 5 nitrogen and oxygen atoms in total. The molecular formula is C24H29NO4. The Morgan fingerprint density at radius 3 is 2.38 bits per heavy atom. The van der Waals surface area contributed by atoms with Crippen molar-refractivity contribution in [1.29, 1.82) is 0 Å². The van der Waals surface area contributed by atoms with E-state index >= 15 is 0 Å². The first-order valence-corrected chi connectivity index (χ1v) is 10.3. The number of carbonyl (C=O) groups is 2. The van der Waals surface area contributed by atoms with Crippen LogP contribution in [0.15, 0.2) is 42.5 Å². The second kappa shape index (κ2) is 9.59. The maximum absolute atomic E-state index is 12.5. The number of esters is 1. The van der Waals surface area contributed by atoms with Crippen molar-refractivity contribution in [2.45, 2.75) is 65.1 Å². The zero-order valence-corrected chi connectivity index (χ0v) is 17.4. The molecule has 29 heavy (non-hydrogen) atoms. The number of rotatable bonds is 6. The molecule has 0 aliphatic heterocycles. The molecule has 1 amide bonds. The predicted octanol–water partition coefficient (Wildman–Crippen LogP) is 5.20. The van der Waals surface area contributed by atoms with Gasteiger partial charge in [-0.3, -0.25) is 4.79 Å². The molecule has 0 bridgehead atoms. The summed E-state index contributed by atoms with van der Waals surface area (Å²) in [5, 5.41) is 2.94. The Balaban J connectivity index is 1.55. The van der Waals surface area contributed by atoms with Crippen LogP contribution in [0.3, 0.4) is 0 Å². The molecule has 1 aliphatic rings. The van der Waals surface area contributed by atoms with Crippen LogP contribution in [-0.4, -0.2) is 24.1 Å². The van der Waals surface area contributed by atoms with E-state index in [1.165, 1.54) is 6.42 Å². The van der Waals surface area contributed by atoms with E-state index in [9.17, 15) is 9.59 Å². The van der Waals surface area contributed by atoms with Gasteiger partial charge in [-0.05, 0) is 87.9 Å². The van der Waals surface area contributed by atoms with E-state index in [2.05, 4.69) is 5.32 Å². The SMILES string of the molecule is Cc1cccc(NC(=O)c2ccc(OC(C)C(=O)OC3CCCCC3)cc2)c1C. The largest absolute Gasteiger partial charge is 0.479 e. The summed E-state index contributed by atoms with van der Waals surface area (Å²) >= 11 is 0. The van der Waals surface area contributed by atoms with Gasteiger partial charge in [-0.1, -0.05) is 18.6 Å². The van der Waals surface area contributed by atoms with Crippen LogP contribution in [0.5, 0.6) is 5.75 Å². The molecule has 1 atom stereocenters. The molecule has 1 aliphatic carbocycles. The van der Waals surface area contributed by atoms with Crippen LogP contribution >= 0.6 is 0 Å². The summed E-state index contributed by atoms with van der Waals surface area (Å²) in [5.74, 6) is 0.00466. The van der Waals surface area contributed by atoms with Gasteiger partial charge in [0.1, 0.15) is 11.9 Å². The molecule has 0 heterocycles. The molecule has 0 spiro atoms. The van der Waals surface area contributed by atoms with Gasteiger partial charge in [-0.25, -0.2) is 4.79 Å². The van der Waals surface area contributed by atoms with E-state index in [0.29, 0.717) is 11.3 Å². The van der Waals surface area contributed by atoms with Crippen molar-refractivity contribution in [3.05, 3.63) is 59.2 Å². The van der Waals surface area contributed by atoms with Crippen LogP contribution in [0.1, 0.15) is 60.5 Å². The molecule has 1 N–H and O–H groups in total. The van der Waals surface area contributed by atoms with Gasteiger partial charge < -0.3 is 14.8 Å². The van der Waals surface area contributed by atoms with Gasteiger partial charge in [-0.15, -0.1) is 0 Å². The van der Waals surface area contributed by atoms with Crippen LogP contribution < -0.4 is 10.1 Å². The lowest BCUT2D eigenvalue weighted by Gasteiger charge is -2.23. The van der Waals surface area contributed by atoms with Crippen LogP contribution in [0.4, 0.5) is 5.69 Å². The number of hydrogen-bond acceptors (Lipinski definition) is 4. The van der Waals surface area contributed by atoms with Gasteiger partial charge in [0.25, 0.3) is 5.91 Å². The number of amides is 1. The molecule has 5 heteroatoms. The van der Waals surface area contributed by atoms with Crippen molar-refractivity contribution in [3.8, 4) is 5.75 Å². The van der Waals surface area contributed by atoms with Gasteiger partial charge >= 0.3 is 5.97 Å². The maximum atomic E-state index is 12.5. The Labute approximate surface area is 172 Å². The number of aryl methyl sites for hydroxylation is 1. The molecule has 0 radical (unpaired) electrons. The van der Waals surface area contributed by atoms with Gasteiger partial charge in [0.2, 0.25) is 0 Å². The highest BCUT2D eigenvalue weighted by molar-refractivity contribution is 6.04. The van der Waals surface area contributed by atoms with Crippen molar-refractivity contribution in [2.24, 2.45) is 0 Å². The molecule has 1 unspecified atom stereocenters. The van der Waals surface area contributed by atoms with Crippen molar-refractivity contribution < 1.29 is 19.1 Å². The Hall–Kier alpha value is -2.82. The maximum Gasteiger partial charge on any atom is 0.347 e. The first-order chi connectivity index (χ1) is 13.9. The van der Waals surface area contributed by atoms with Gasteiger partial charge in [-0.2, -0.15) is 0 Å². The van der Waals surface area contributed by atoms with E-state index in [4.69, 9.17) is 9.47 Å². The topological polar surface area (TPSA) is 64.6 Å². The molecule has 2 aromatic rings. The highest BCUT2D eigenvalue weighted by Gasteiger charge is 2.23. The minimum atomic E-state index is -0.688. The number of anilines is 1. The van der Waals surface area contributed by atoms with Crippen LogP contribution in [-0.2, 0) is 9.53 Å². The van der Waals surface area contributed by atoms with E-state index in [-0.39, 0.29) is 18.0 Å². The Bertz CT molecular complexity index is 854. The van der Waals surface area contributed by atoms with E-state index in [1.807, 2.05) is 32.0 Å². The summed E-state index contributed by atoms with van der Waals surface area (Å²) in [4.78, 5) is 24.8. The van der Waals surface area contributed by atoms with Crippen molar-refractivity contribution in [3.63, 3.8) is 0 Å². The standard InChI is InChI=1S/C24H29NO4/c1-16-8-7-11-22(17(16)2)25-23(26)19-12-14-21(15-13-19)28-18(3)24(27)29-20-9-5-4-6-10-20/h7-8,11-15,18,20H,4-6,9-10H2,1-3H3,(H,25,26). The third-order valence-corrected chi connectivity index (χ3v) is 5.45. The summed E-state index contributed by atoms with van der Waals surface area (Å²) in [7, 11) is 0. The lowest BCUT2D eigenvalue weighted by Crippen LogP contribution is -2.31. The minimum absolute atomic E-state index is 0.0125. The average Bonchev–Trinajstić information content (AvgIpc) is 2.72. The molecule has 0 saturated heterocycles. The predicted molar refractivity (Wildman–Crippen MR) is 113 cm³/mol. The highest BCUT2D eigenvalue weighted by atomic mass is 16.6. The van der Waals surface area contributed by atoms with Crippen LogP contribution in [0.2, 0.25) is 0 Å². The normalized spacial score (nSPS) is 15.4. The average molecular weight is 395 g/mol. The number of ether oxygens (including phenoxy) is 2. The van der Waals surface area contributed by atoms with E-state index in [0.717, 1.165) is 42.5 Å². The number of hydrogen-bond donors (Lipinski definition) is 1. The quantitative estimate of drug-likeness (QED) is 0.683. The van der Waals surface area contributed by atoms with Crippen molar-refractivity contribution in [2.75, 3.05) is 5.32 Å². The van der Waals surface area contributed by atoms with Gasteiger partial charge in [0.05, 0.1) is 0 Å². The van der Waals surface area contributed by atoms with Gasteiger partial charge in [0.15, 0.2) is 6.10 Å². The van der Waals surface area contributed by atoms with E-state index < -0.39 is 6.10 Å². The Kier molecular flexibility index (Phi) is 6.91. The number of nitrogens with one attached hydrogen (secondary N) is 1. The molecule has 0 aromatic heterocycles. The fourth-order valence-electron chi connectivity index (χ4n) is 3.46. The van der Waals surface area contributed by atoms with Gasteiger partial charge in [0, 0.05) is 11.3 Å². The Morgan fingerprint density at radius 2 is 1.69 bits per heavy atom.